The second-order valence-corrected chi connectivity index (χ2v) is 14.7. The fourth-order valence-corrected chi connectivity index (χ4v) is 7.25. The van der Waals surface area contributed by atoms with Crippen molar-refractivity contribution in [1.29, 1.82) is 0 Å². The molecule has 9 heteroatoms. The number of sulfonamides is 1. The van der Waals surface area contributed by atoms with Crippen molar-refractivity contribution in [1.82, 2.24) is 14.1 Å². The second kappa shape index (κ2) is 12.5. The number of halogens is 1. The first kappa shape index (κ1) is 30.0. The van der Waals surface area contributed by atoms with Crippen LogP contribution in [0.15, 0.2) is 48.5 Å². The Balaban J connectivity index is 1.90. The maximum absolute atomic E-state index is 12.6. The van der Waals surface area contributed by atoms with Crippen molar-refractivity contribution in [2.24, 2.45) is 5.41 Å². The molecule has 204 valence electrons. The summed E-state index contributed by atoms with van der Waals surface area (Å²) in [5.41, 5.74) is 3.33. The zero-order valence-electron chi connectivity index (χ0n) is 22.5. The van der Waals surface area contributed by atoms with Crippen LogP contribution in [0.3, 0.4) is 0 Å². The van der Waals surface area contributed by atoms with Gasteiger partial charge in [-0.05, 0) is 77.7 Å². The normalized spacial score (nSPS) is 19.0. The Hall–Kier alpha value is -1.53. The number of rotatable bonds is 11. The van der Waals surface area contributed by atoms with E-state index in [2.05, 4.69) is 97.6 Å². The van der Waals surface area contributed by atoms with Crippen molar-refractivity contribution in [3.05, 3.63) is 68.8 Å². The van der Waals surface area contributed by atoms with Crippen molar-refractivity contribution >= 4 is 38.6 Å². The Bertz CT molecular complexity index is 1180. The molecule has 2 aromatic rings. The van der Waals surface area contributed by atoms with E-state index in [-0.39, 0.29) is 24.1 Å². The molecule has 0 aromatic heterocycles. The summed E-state index contributed by atoms with van der Waals surface area (Å²) in [5, 5.41) is 9.54. The number of carboxylic acids is 1. The minimum absolute atomic E-state index is 0.0762. The van der Waals surface area contributed by atoms with E-state index in [4.69, 9.17) is 0 Å². The van der Waals surface area contributed by atoms with Crippen LogP contribution in [0, 0.1) is 8.99 Å². The van der Waals surface area contributed by atoms with Gasteiger partial charge in [0, 0.05) is 35.8 Å². The van der Waals surface area contributed by atoms with Gasteiger partial charge in [0.2, 0.25) is 10.0 Å². The van der Waals surface area contributed by atoms with Gasteiger partial charge in [0.05, 0.1) is 5.75 Å². The Morgan fingerprint density at radius 2 is 1.78 bits per heavy atom. The highest BCUT2D eigenvalue weighted by molar-refractivity contribution is 14.1. The number of likely N-dealkylation sites (N-methyl/N-ethyl adjacent to an activating group) is 1. The van der Waals surface area contributed by atoms with E-state index in [0.717, 1.165) is 34.9 Å². The maximum atomic E-state index is 12.6. The van der Waals surface area contributed by atoms with Crippen LogP contribution in [0.4, 0.5) is 0 Å². The summed E-state index contributed by atoms with van der Waals surface area (Å²) in [5.74, 6) is -1.21. The number of aliphatic carboxylic acids is 1. The minimum atomic E-state index is -3.57. The smallest absolute Gasteiger partial charge is 0.322 e. The van der Waals surface area contributed by atoms with Crippen LogP contribution < -0.4 is 0 Å². The van der Waals surface area contributed by atoms with Crippen LogP contribution in [-0.4, -0.2) is 72.1 Å². The van der Waals surface area contributed by atoms with Crippen LogP contribution in [-0.2, 0) is 34.5 Å². The molecule has 0 aliphatic carbocycles. The lowest BCUT2D eigenvalue weighted by Gasteiger charge is -2.37. The van der Waals surface area contributed by atoms with E-state index >= 15 is 0 Å². The molecule has 0 spiro atoms. The third-order valence-corrected chi connectivity index (χ3v) is 9.53. The third kappa shape index (κ3) is 8.74. The van der Waals surface area contributed by atoms with Crippen LogP contribution in [0.2, 0.25) is 0 Å². The Kier molecular flexibility index (Phi) is 10.2. The molecular weight excluding hydrogens is 601 g/mol. The van der Waals surface area contributed by atoms with E-state index in [0.29, 0.717) is 12.6 Å². The van der Waals surface area contributed by atoms with Gasteiger partial charge >= 0.3 is 5.97 Å². The lowest BCUT2D eigenvalue weighted by atomic mass is 9.87. The monoisotopic (exact) mass is 641 g/mol. The summed E-state index contributed by atoms with van der Waals surface area (Å²) in [6.45, 7) is 9.34. The van der Waals surface area contributed by atoms with E-state index < -0.39 is 22.0 Å². The predicted molar refractivity (Wildman–Crippen MR) is 157 cm³/mol. The number of carbonyl (C=O) groups is 1. The largest absolute Gasteiger partial charge is 0.480 e. The summed E-state index contributed by atoms with van der Waals surface area (Å²) in [7, 11) is 0.642. The average Bonchev–Trinajstić information content (AvgIpc) is 3.07. The van der Waals surface area contributed by atoms with Gasteiger partial charge in [0.25, 0.3) is 0 Å². The van der Waals surface area contributed by atoms with Gasteiger partial charge in [0.15, 0.2) is 0 Å². The third-order valence-electron chi connectivity index (χ3n) is 6.63. The lowest BCUT2D eigenvalue weighted by molar-refractivity contribution is -0.141. The first-order valence-corrected chi connectivity index (χ1v) is 15.4. The van der Waals surface area contributed by atoms with Crippen LogP contribution in [0.1, 0.15) is 50.3 Å². The molecule has 0 bridgehead atoms. The van der Waals surface area contributed by atoms with Gasteiger partial charge in [-0.25, -0.2) is 8.42 Å². The molecule has 0 saturated carbocycles. The fourth-order valence-electron chi connectivity index (χ4n) is 5.01. The molecule has 37 heavy (non-hydrogen) atoms. The second-order valence-electron chi connectivity index (χ2n) is 11.5. The Labute approximate surface area is 236 Å². The molecule has 2 aromatic carbocycles. The number of benzene rings is 2. The lowest BCUT2D eigenvalue weighted by Crippen LogP contribution is -2.43. The first-order chi connectivity index (χ1) is 17.2. The van der Waals surface area contributed by atoms with Crippen molar-refractivity contribution in [2.45, 2.75) is 65.3 Å². The van der Waals surface area contributed by atoms with Crippen LogP contribution >= 0.6 is 22.6 Å². The molecule has 0 amide bonds. The number of carboxylic acid groups (broad SMARTS) is 1. The minimum Gasteiger partial charge on any atom is -0.480 e. The van der Waals surface area contributed by atoms with Crippen LogP contribution in [0.5, 0.6) is 0 Å². The quantitative estimate of drug-likeness (QED) is 0.360. The average molecular weight is 642 g/mol. The van der Waals surface area contributed by atoms with E-state index in [1.807, 2.05) is 18.2 Å². The molecule has 1 fully saturated rings. The molecule has 1 saturated heterocycles. The summed E-state index contributed by atoms with van der Waals surface area (Å²) in [6.07, 6.45) is 1.15. The number of hydrogen-bond acceptors (Lipinski definition) is 5. The standard InChI is InChI=1S/C28H40IN3O4S/c1-28(2,3)16-24(20-30(4)5)31(19-23-11-6-7-12-25(23)29)17-21-9-8-10-22(15-21)18-32-26(27(33)34)13-14-37(32,35)36/h6-12,15,24,26H,13-14,16-20H2,1-5H3,(H,33,34)/t24-,26?/m0/s1. The van der Waals surface area contributed by atoms with Gasteiger partial charge < -0.3 is 10.0 Å². The predicted octanol–water partition coefficient (Wildman–Crippen LogP) is 4.65. The van der Waals surface area contributed by atoms with Crippen molar-refractivity contribution in [2.75, 3.05) is 26.4 Å². The first-order valence-electron chi connectivity index (χ1n) is 12.7. The van der Waals surface area contributed by atoms with E-state index in [1.165, 1.54) is 9.13 Å². The van der Waals surface area contributed by atoms with Crippen molar-refractivity contribution in [3.8, 4) is 0 Å². The summed E-state index contributed by atoms with van der Waals surface area (Å²) >= 11 is 2.40. The summed E-state index contributed by atoms with van der Waals surface area (Å²) in [6, 6.07) is 15.7. The molecule has 1 heterocycles. The fraction of sp³-hybridized carbons (Fsp3) is 0.536. The maximum Gasteiger partial charge on any atom is 0.322 e. The molecule has 1 aliphatic heterocycles. The van der Waals surface area contributed by atoms with Gasteiger partial charge in [-0.1, -0.05) is 63.2 Å². The number of nitrogens with zero attached hydrogens (tertiary/aromatic N) is 3. The zero-order valence-corrected chi connectivity index (χ0v) is 25.5. The summed E-state index contributed by atoms with van der Waals surface area (Å²) in [4.78, 5) is 16.4. The van der Waals surface area contributed by atoms with Crippen molar-refractivity contribution < 1.29 is 18.3 Å². The molecule has 2 atom stereocenters. The SMILES string of the molecule is CN(C)C[C@H](CC(C)(C)C)N(Cc1cccc(CN2C(C(=O)O)CCS2(=O)=O)c1)Cc1ccccc1I. The molecule has 1 unspecified atom stereocenters. The molecular formula is C28H40IN3O4S. The van der Waals surface area contributed by atoms with E-state index in [9.17, 15) is 18.3 Å². The summed E-state index contributed by atoms with van der Waals surface area (Å²) < 4.78 is 27.5. The highest BCUT2D eigenvalue weighted by Crippen LogP contribution is 2.28. The molecule has 1 aliphatic rings. The van der Waals surface area contributed by atoms with Gasteiger partial charge in [-0.15, -0.1) is 0 Å². The molecule has 7 nitrogen and oxygen atoms in total. The highest BCUT2D eigenvalue weighted by atomic mass is 127. The number of hydrogen-bond donors (Lipinski definition) is 1. The molecule has 1 N–H and O–H groups in total. The van der Waals surface area contributed by atoms with E-state index in [1.54, 1.807) is 0 Å². The van der Waals surface area contributed by atoms with Crippen LogP contribution in [0.25, 0.3) is 0 Å². The van der Waals surface area contributed by atoms with Gasteiger partial charge in [0.1, 0.15) is 6.04 Å². The van der Waals surface area contributed by atoms with Gasteiger partial charge in [-0.2, -0.15) is 4.31 Å². The van der Waals surface area contributed by atoms with Crippen molar-refractivity contribution in [3.63, 3.8) is 0 Å². The Morgan fingerprint density at radius 3 is 2.41 bits per heavy atom. The Morgan fingerprint density at radius 1 is 1.11 bits per heavy atom. The van der Waals surface area contributed by atoms with Gasteiger partial charge in [-0.3, -0.25) is 9.69 Å². The molecule has 0 radical (unpaired) electrons. The zero-order chi connectivity index (χ0) is 27.4. The molecule has 3 rings (SSSR count). The highest BCUT2D eigenvalue weighted by Gasteiger charge is 2.41. The topological polar surface area (TPSA) is 81.2 Å².